The Kier molecular flexibility index (Phi) is 11.3. The fraction of sp³-hybridized carbons (Fsp3) is 0. The van der Waals surface area contributed by atoms with Crippen molar-refractivity contribution < 1.29 is 20.4 Å². The predicted molar refractivity (Wildman–Crippen MR) is 309 cm³/mol. The molecule has 5 heterocycles. The molecule has 8 nitrogen and oxygen atoms in total. The van der Waals surface area contributed by atoms with E-state index in [-0.39, 0.29) is 23.0 Å². The van der Waals surface area contributed by atoms with Gasteiger partial charge in [0.2, 0.25) is 0 Å². The zero-order chi connectivity index (χ0) is 51.3. The van der Waals surface area contributed by atoms with E-state index in [0.717, 1.165) is 134 Å². The molecule has 0 spiro atoms. The van der Waals surface area contributed by atoms with Gasteiger partial charge in [0.1, 0.15) is 23.0 Å². The summed E-state index contributed by atoms with van der Waals surface area (Å²) in [6.07, 6.45) is 8.30. The van der Waals surface area contributed by atoms with Crippen LogP contribution in [0.5, 0.6) is 23.0 Å². The molecule has 0 fully saturated rings. The van der Waals surface area contributed by atoms with Crippen LogP contribution in [0.2, 0.25) is 0 Å². The van der Waals surface area contributed by atoms with E-state index in [4.69, 9.17) is 9.97 Å². The SMILES string of the molecule is Oc1cccc(-c2cccc(-c3c4nc(c(-c5cccc(-c6cccc(O)c6)c5)c5ccc([nH]5)c(-c5cccc(-c6cccc(O)c6)c5)c5nc(c(-c6cccc(-c7cccc(O)c7)c6)c6ccc3[nH]6)C=C5)C=C4)c2)c1. The largest absolute Gasteiger partial charge is 0.508 e. The maximum atomic E-state index is 10.5. The molecule has 0 amide bonds. The number of benzene rings is 8. The van der Waals surface area contributed by atoms with Crippen molar-refractivity contribution in [3.8, 4) is 112 Å². The van der Waals surface area contributed by atoms with Gasteiger partial charge < -0.3 is 30.4 Å². The molecule has 8 aromatic carbocycles. The lowest BCUT2D eigenvalue weighted by molar-refractivity contribution is 0.475. The number of phenolic OH excluding ortho intramolecular Hbond substituents is 4. The summed E-state index contributed by atoms with van der Waals surface area (Å²) in [4.78, 5) is 18.9. The molecule has 13 rings (SSSR count). The Morgan fingerprint density at radius 2 is 0.421 bits per heavy atom. The molecule has 2 aliphatic heterocycles. The molecule has 76 heavy (non-hydrogen) atoms. The molecule has 0 aliphatic carbocycles. The first-order chi connectivity index (χ1) is 37.2. The lowest BCUT2D eigenvalue weighted by atomic mass is 9.97. The monoisotopic (exact) mass is 982 g/mol. The minimum absolute atomic E-state index is 0.187. The fourth-order valence-electron chi connectivity index (χ4n) is 10.6. The number of nitrogens with zero attached hydrogens (tertiary/aromatic N) is 2. The van der Waals surface area contributed by atoms with Gasteiger partial charge in [0.15, 0.2) is 0 Å². The highest BCUT2D eigenvalue weighted by Crippen LogP contribution is 2.42. The minimum atomic E-state index is 0.187. The summed E-state index contributed by atoms with van der Waals surface area (Å²) >= 11 is 0. The summed E-state index contributed by atoms with van der Waals surface area (Å²) in [7, 11) is 0. The van der Waals surface area contributed by atoms with Crippen LogP contribution < -0.4 is 0 Å². The van der Waals surface area contributed by atoms with Crippen molar-refractivity contribution in [2.75, 3.05) is 0 Å². The van der Waals surface area contributed by atoms with Crippen LogP contribution in [0.1, 0.15) is 22.8 Å². The van der Waals surface area contributed by atoms with Crippen molar-refractivity contribution in [3.63, 3.8) is 0 Å². The first-order valence-corrected chi connectivity index (χ1v) is 25.0. The number of H-pyrrole nitrogens is 2. The highest BCUT2D eigenvalue weighted by molar-refractivity contribution is 6.01. The van der Waals surface area contributed by atoms with Crippen LogP contribution in [-0.2, 0) is 0 Å². The smallest absolute Gasteiger partial charge is 0.116 e. The van der Waals surface area contributed by atoms with Gasteiger partial charge in [-0.3, -0.25) is 0 Å². The van der Waals surface area contributed by atoms with Crippen LogP contribution in [0.3, 0.4) is 0 Å². The van der Waals surface area contributed by atoms with Crippen LogP contribution in [0.4, 0.5) is 0 Å². The number of hydrogen-bond acceptors (Lipinski definition) is 6. The summed E-state index contributed by atoms with van der Waals surface area (Å²) in [6.45, 7) is 0. The van der Waals surface area contributed by atoms with Gasteiger partial charge in [-0.2, -0.15) is 0 Å². The number of phenols is 4. The number of aromatic amines is 2. The van der Waals surface area contributed by atoms with Gasteiger partial charge in [0.05, 0.1) is 22.8 Å². The van der Waals surface area contributed by atoms with Crippen molar-refractivity contribution in [1.82, 2.24) is 19.9 Å². The average Bonchev–Trinajstić information content (AvgIpc) is 4.31. The fourth-order valence-corrected chi connectivity index (χ4v) is 10.6. The Morgan fingerprint density at radius 3 is 0.645 bits per heavy atom. The molecular formula is C68H46N4O4. The quantitative estimate of drug-likeness (QED) is 0.0897. The summed E-state index contributed by atoms with van der Waals surface area (Å²) in [6, 6.07) is 70.8. The van der Waals surface area contributed by atoms with E-state index in [9.17, 15) is 20.4 Å². The van der Waals surface area contributed by atoms with Crippen molar-refractivity contribution >= 4 is 46.4 Å². The van der Waals surface area contributed by atoms with Crippen LogP contribution in [0.25, 0.3) is 135 Å². The van der Waals surface area contributed by atoms with Crippen LogP contribution >= 0.6 is 0 Å². The van der Waals surface area contributed by atoms with E-state index in [2.05, 4.69) is 107 Å². The molecule has 0 saturated carbocycles. The highest BCUT2D eigenvalue weighted by atomic mass is 16.3. The van der Waals surface area contributed by atoms with Gasteiger partial charge in [-0.1, -0.05) is 121 Å². The van der Waals surface area contributed by atoms with E-state index in [1.54, 1.807) is 48.5 Å². The second kappa shape index (κ2) is 18.9. The molecule has 0 unspecified atom stereocenters. The normalized spacial score (nSPS) is 11.8. The second-order valence-corrected chi connectivity index (χ2v) is 19.0. The first kappa shape index (κ1) is 45.4. The van der Waals surface area contributed by atoms with Crippen LogP contribution in [-0.4, -0.2) is 40.4 Å². The molecule has 0 radical (unpaired) electrons. The topological polar surface area (TPSA) is 138 Å². The molecule has 0 saturated heterocycles. The van der Waals surface area contributed by atoms with E-state index in [1.807, 2.05) is 97.1 Å². The third kappa shape index (κ3) is 8.65. The molecule has 362 valence electrons. The van der Waals surface area contributed by atoms with Crippen LogP contribution in [0, 0.1) is 0 Å². The first-order valence-electron chi connectivity index (χ1n) is 25.0. The molecule has 3 aromatic heterocycles. The number of aromatic nitrogens is 4. The Hall–Kier alpha value is -10.4. The third-order valence-electron chi connectivity index (χ3n) is 14.1. The molecule has 8 heteroatoms. The van der Waals surface area contributed by atoms with Gasteiger partial charge in [-0.25, -0.2) is 9.97 Å². The lowest BCUT2D eigenvalue weighted by Crippen LogP contribution is -1.91. The van der Waals surface area contributed by atoms with Crippen molar-refractivity contribution in [2.24, 2.45) is 0 Å². The van der Waals surface area contributed by atoms with Crippen LogP contribution in [0.15, 0.2) is 218 Å². The summed E-state index contributed by atoms with van der Waals surface area (Å²) < 4.78 is 0. The van der Waals surface area contributed by atoms with Gasteiger partial charge in [0, 0.05) is 44.3 Å². The second-order valence-electron chi connectivity index (χ2n) is 19.0. The lowest BCUT2D eigenvalue weighted by Gasteiger charge is -2.10. The zero-order valence-electron chi connectivity index (χ0n) is 40.8. The molecule has 8 bridgehead atoms. The molecule has 2 aliphatic rings. The Labute approximate surface area is 437 Å². The maximum absolute atomic E-state index is 10.5. The number of nitrogens with one attached hydrogen (secondary N) is 2. The third-order valence-corrected chi connectivity index (χ3v) is 14.1. The standard InChI is InChI=1S/C68H46N4O4/c73-53-21-5-13-45(37-53)41-9-1-17-49(33-41)65-57-25-27-59(69-57)66(50-18-2-10-42(34-50)46-14-6-22-54(74)38-46)61-29-31-63(71-61)68(52-20-4-12-44(36-52)48-16-8-24-56(76)40-48)64-32-30-62(72-64)67(60-28-26-58(65)70-60)51-19-3-11-43(35-51)47-15-7-23-55(75)39-47/h1-40,69,72-76H. The van der Waals surface area contributed by atoms with Gasteiger partial charge in [0.25, 0.3) is 0 Å². The molecular weight excluding hydrogens is 937 g/mol. The van der Waals surface area contributed by atoms with E-state index < -0.39 is 0 Å². The Morgan fingerprint density at radius 1 is 0.224 bits per heavy atom. The zero-order valence-corrected chi connectivity index (χ0v) is 40.8. The van der Waals surface area contributed by atoms with E-state index in [0.29, 0.717) is 0 Å². The summed E-state index contributed by atoms with van der Waals surface area (Å²) in [5.74, 6) is 0.749. The van der Waals surface area contributed by atoms with Gasteiger partial charge >= 0.3 is 0 Å². The maximum Gasteiger partial charge on any atom is 0.116 e. The summed E-state index contributed by atoms with van der Waals surface area (Å²) in [5, 5.41) is 42.2. The Balaban J connectivity index is 1.14. The van der Waals surface area contributed by atoms with Crippen molar-refractivity contribution in [1.29, 1.82) is 0 Å². The molecule has 6 N–H and O–H groups in total. The molecule has 0 atom stereocenters. The van der Waals surface area contributed by atoms with E-state index >= 15 is 0 Å². The highest BCUT2D eigenvalue weighted by Gasteiger charge is 2.21. The van der Waals surface area contributed by atoms with Crippen molar-refractivity contribution in [2.45, 2.75) is 0 Å². The van der Waals surface area contributed by atoms with Crippen molar-refractivity contribution in [3.05, 3.63) is 241 Å². The number of hydrogen-bond donors (Lipinski definition) is 6. The predicted octanol–water partition coefficient (Wildman–Crippen LogP) is 16.8. The Bertz CT molecular complexity index is 3820. The average molecular weight is 983 g/mol. The van der Waals surface area contributed by atoms with E-state index in [1.165, 1.54) is 0 Å². The van der Waals surface area contributed by atoms with Gasteiger partial charge in [-0.05, 0) is 188 Å². The minimum Gasteiger partial charge on any atom is -0.508 e. The summed E-state index contributed by atoms with van der Waals surface area (Å²) in [5.41, 5.74) is 20.7. The number of fused-ring (bicyclic) bond motifs is 8. The molecule has 11 aromatic rings. The number of aromatic hydroxyl groups is 4. The van der Waals surface area contributed by atoms with Gasteiger partial charge in [-0.15, -0.1) is 0 Å². The number of rotatable bonds is 8.